The molecule has 1 atom stereocenters. The van der Waals surface area contributed by atoms with Crippen molar-refractivity contribution in [1.29, 1.82) is 0 Å². The van der Waals surface area contributed by atoms with Crippen LogP contribution in [0.2, 0.25) is 0 Å². The number of rotatable bonds is 5. The van der Waals surface area contributed by atoms with E-state index in [0.717, 1.165) is 25.9 Å². The zero-order valence-electron chi connectivity index (χ0n) is 14.8. The van der Waals surface area contributed by atoms with Gasteiger partial charge in [0.1, 0.15) is 6.54 Å². The number of carbonyl (C=O) groups excluding carboxylic acids is 2. The molecule has 1 aromatic heterocycles. The van der Waals surface area contributed by atoms with E-state index in [4.69, 9.17) is 4.74 Å². The predicted octanol–water partition coefficient (Wildman–Crippen LogP) is 1.67. The van der Waals surface area contributed by atoms with Crippen molar-refractivity contribution in [2.45, 2.75) is 36.7 Å². The van der Waals surface area contributed by atoms with Crippen LogP contribution in [-0.2, 0) is 20.9 Å². The van der Waals surface area contributed by atoms with E-state index in [-0.39, 0.29) is 18.0 Å². The summed E-state index contributed by atoms with van der Waals surface area (Å²) in [6.45, 7) is 3.10. The average Bonchev–Trinajstić information content (AvgIpc) is 3.18. The Morgan fingerprint density at radius 1 is 1.27 bits per heavy atom. The minimum Gasteiger partial charge on any atom is -0.468 e. The molecule has 0 N–H and O–H groups in total. The van der Waals surface area contributed by atoms with E-state index < -0.39 is 11.2 Å². The molecule has 0 radical (unpaired) electrons. The Labute approximate surface area is 155 Å². The number of benzene rings is 1. The van der Waals surface area contributed by atoms with Gasteiger partial charge >= 0.3 is 5.97 Å². The lowest BCUT2D eigenvalue weighted by Crippen LogP contribution is -2.35. The van der Waals surface area contributed by atoms with Crippen molar-refractivity contribution in [2.24, 2.45) is 0 Å². The first kappa shape index (κ1) is 18.4. The maximum atomic E-state index is 12.8. The van der Waals surface area contributed by atoms with Crippen molar-refractivity contribution < 1.29 is 14.3 Å². The topological polar surface area (TPSA) is 81.5 Å². The molecule has 1 aromatic carbocycles. The second-order valence-corrected chi connectivity index (χ2v) is 7.48. The molecule has 0 spiro atoms. The first-order valence-corrected chi connectivity index (χ1v) is 9.41. The molecular formula is C18H21N3O4S. The van der Waals surface area contributed by atoms with E-state index in [9.17, 15) is 14.4 Å². The number of nitrogens with zero attached hydrogens (tertiary/aromatic N) is 3. The van der Waals surface area contributed by atoms with Gasteiger partial charge < -0.3 is 9.64 Å². The van der Waals surface area contributed by atoms with Gasteiger partial charge in [0, 0.05) is 13.1 Å². The summed E-state index contributed by atoms with van der Waals surface area (Å²) in [6.07, 6.45) is 2.04. The van der Waals surface area contributed by atoms with Gasteiger partial charge in [-0.3, -0.25) is 19.0 Å². The third-order valence-corrected chi connectivity index (χ3v) is 5.47. The Balaban J connectivity index is 1.97. The monoisotopic (exact) mass is 375 g/mol. The van der Waals surface area contributed by atoms with Crippen LogP contribution in [0.25, 0.3) is 10.9 Å². The Bertz CT molecular complexity index is 890. The first-order valence-electron chi connectivity index (χ1n) is 8.53. The zero-order chi connectivity index (χ0) is 18.7. The molecule has 2 aromatic rings. The van der Waals surface area contributed by atoms with Crippen molar-refractivity contribution in [3.63, 3.8) is 0 Å². The molecule has 1 amide bonds. The number of carbonyl (C=O) groups is 2. The number of ether oxygens (including phenoxy) is 1. The SMILES string of the molecule is COC(=O)Cn1c(S[C@H](C)C(=O)N2CCCC2)nc2ccccc2c1=O. The number of fused-ring (bicyclic) bond motifs is 1. The van der Waals surface area contributed by atoms with Gasteiger partial charge in [-0.1, -0.05) is 23.9 Å². The third-order valence-electron chi connectivity index (χ3n) is 4.39. The van der Waals surface area contributed by atoms with Gasteiger partial charge in [0.25, 0.3) is 5.56 Å². The van der Waals surface area contributed by atoms with E-state index >= 15 is 0 Å². The van der Waals surface area contributed by atoms with Crippen LogP contribution >= 0.6 is 11.8 Å². The molecule has 2 heterocycles. The summed E-state index contributed by atoms with van der Waals surface area (Å²) in [4.78, 5) is 43.5. The van der Waals surface area contributed by atoms with Gasteiger partial charge in [-0.25, -0.2) is 4.98 Å². The van der Waals surface area contributed by atoms with E-state index in [0.29, 0.717) is 16.1 Å². The fourth-order valence-corrected chi connectivity index (χ4v) is 3.97. The molecule has 8 heteroatoms. The van der Waals surface area contributed by atoms with Gasteiger partial charge in [-0.05, 0) is 31.9 Å². The van der Waals surface area contributed by atoms with Crippen LogP contribution in [0.5, 0.6) is 0 Å². The van der Waals surface area contributed by atoms with Crippen LogP contribution in [0.1, 0.15) is 19.8 Å². The Morgan fingerprint density at radius 3 is 2.65 bits per heavy atom. The molecule has 1 aliphatic rings. The van der Waals surface area contributed by atoms with E-state index in [2.05, 4.69) is 4.98 Å². The van der Waals surface area contributed by atoms with Crippen molar-refractivity contribution >= 4 is 34.5 Å². The Kier molecular flexibility index (Phi) is 5.61. The second kappa shape index (κ2) is 7.90. The van der Waals surface area contributed by atoms with Crippen LogP contribution in [-0.4, -0.2) is 51.8 Å². The number of esters is 1. The number of thioether (sulfide) groups is 1. The van der Waals surface area contributed by atoms with Crippen LogP contribution in [0.3, 0.4) is 0 Å². The fraction of sp³-hybridized carbons (Fsp3) is 0.444. The highest BCUT2D eigenvalue weighted by Gasteiger charge is 2.26. The predicted molar refractivity (Wildman–Crippen MR) is 99.2 cm³/mol. The lowest BCUT2D eigenvalue weighted by atomic mass is 10.2. The molecule has 0 bridgehead atoms. The van der Waals surface area contributed by atoms with Crippen molar-refractivity contribution in [3.05, 3.63) is 34.6 Å². The highest BCUT2D eigenvalue weighted by Crippen LogP contribution is 2.25. The number of para-hydroxylation sites is 1. The first-order chi connectivity index (χ1) is 12.5. The van der Waals surface area contributed by atoms with E-state index in [1.807, 2.05) is 4.90 Å². The minimum atomic E-state index is -0.537. The molecule has 138 valence electrons. The van der Waals surface area contributed by atoms with Gasteiger partial charge in [0.05, 0.1) is 23.3 Å². The highest BCUT2D eigenvalue weighted by atomic mass is 32.2. The number of methoxy groups -OCH3 is 1. The lowest BCUT2D eigenvalue weighted by Gasteiger charge is -2.20. The fourth-order valence-electron chi connectivity index (χ4n) is 2.97. The van der Waals surface area contributed by atoms with Gasteiger partial charge in [0.15, 0.2) is 5.16 Å². The second-order valence-electron chi connectivity index (χ2n) is 6.17. The van der Waals surface area contributed by atoms with Gasteiger partial charge in [-0.2, -0.15) is 0 Å². The van der Waals surface area contributed by atoms with Crippen LogP contribution in [0.15, 0.2) is 34.2 Å². The van der Waals surface area contributed by atoms with Crippen LogP contribution in [0, 0.1) is 0 Å². The molecule has 7 nitrogen and oxygen atoms in total. The largest absolute Gasteiger partial charge is 0.468 e. The maximum Gasteiger partial charge on any atom is 0.325 e. The standard InChI is InChI=1S/C18H21N3O4S/c1-12(16(23)20-9-5-6-10-20)26-18-19-14-8-4-3-7-13(14)17(24)21(18)11-15(22)25-2/h3-4,7-8,12H,5-6,9-11H2,1-2H3/t12-/m1/s1. The lowest BCUT2D eigenvalue weighted by molar-refractivity contribution is -0.141. The highest BCUT2D eigenvalue weighted by molar-refractivity contribution is 8.00. The number of hydrogen-bond donors (Lipinski definition) is 0. The molecule has 0 saturated carbocycles. The summed E-state index contributed by atoms with van der Waals surface area (Å²) in [5, 5.41) is 0.378. The Morgan fingerprint density at radius 2 is 1.96 bits per heavy atom. The van der Waals surface area contributed by atoms with Gasteiger partial charge in [-0.15, -0.1) is 0 Å². The third kappa shape index (κ3) is 3.75. The summed E-state index contributed by atoms with van der Waals surface area (Å²) in [5.41, 5.74) is 0.228. The summed E-state index contributed by atoms with van der Waals surface area (Å²) < 4.78 is 5.98. The molecule has 0 aliphatic carbocycles. The molecule has 0 unspecified atom stereocenters. The van der Waals surface area contributed by atoms with Crippen LogP contribution < -0.4 is 5.56 Å². The summed E-state index contributed by atoms with van der Waals surface area (Å²) >= 11 is 1.20. The number of aromatic nitrogens is 2. The van der Waals surface area contributed by atoms with Gasteiger partial charge in [0.2, 0.25) is 5.91 Å². The normalized spacial score (nSPS) is 15.2. The zero-order valence-corrected chi connectivity index (χ0v) is 15.6. The quantitative estimate of drug-likeness (QED) is 0.449. The molecule has 1 fully saturated rings. The number of amides is 1. The maximum absolute atomic E-state index is 12.8. The van der Waals surface area contributed by atoms with E-state index in [1.54, 1.807) is 31.2 Å². The van der Waals surface area contributed by atoms with Crippen molar-refractivity contribution in [2.75, 3.05) is 20.2 Å². The Hall–Kier alpha value is -2.35. The molecule has 1 aliphatic heterocycles. The summed E-state index contributed by atoms with van der Waals surface area (Å²) in [7, 11) is 1.27. The van der Waals surface area contributed by atoms with Crippen molar-refractivity contribution in [3.8, 4) is 0 Å². The smallest absolute Gasteiger partial charge is 0.325 e. The average molecular weight is 375 g/mol. The molecule has 1 saturated heterocycles. The molecular weight excluding hydrogens is 354 g/mol. The number of likely N-dealkylation sites (tertiary alicyclic amines) is 1. The molecule has 26 heavy (non-hydrogen) atoms. The molecule has 3 rings (SSSR count). The number of hydrogen-bond acceptors (Lipinski definition) is 6. The minimum absolute atomic E-state index is 0.0273. The van der Waals surface area contributed by atoms with Crippen molar-refractivity contribution in [1.82, 2.24) is 14.5 Å². The summed E-state index contributed by atoms with van der Waals surface area (Å²) in [5.74, 6) is -0.510. The van der Waals surface area contributed by atoms with Crippen LogP contribution in [0.4, 0.5) is 0 Å². The summed E-state index contributed by atoms with van der Waals surface area (Å²) in [6, 6.07) is 6.97. The van der Waals surface area contributed by atoms with E-state index in [1.165, 1.54) is 23.4 Å².